The number of carbonyl (C=O) groups excluding carboxylic acids is 3. The average Bonchev–Trinajstić information content (AvgIpc) is 3.04. The maximum Gasteiger partial charge on any atom is 0.262 e. The van der Waals surface area contributed by atoms with Gasteiger partial charge in [0.1, 0.15) is 15.9 Å². The van der Waals surface area contributed by atoms with Gasteiger partial charge >= 0.3 is 0 Å². The van der Waals surface area contributed by atoms with Gasteiger partial charge < -0.3 is 4.90 Å². The first kappa shape index (κ1) is 24.1. The number of hydrogen-bond acceptors (Lipinski definition) is 6. The van der Waals surface area contributed by atoms with Gasteiger partial charge in [-0.05, 0) is 31.0 Å². The molecule has 4 rings (SSSR count). The fourth-order valence-electron chi connectivity index (χ4n) is 4.59. The summed E-state index contributed by atoms with van der Waals surface area (Å²) in [4.78, 5) is 44.4. The van der Waals surface area contributed by atoms with Crippen molar-refractivity contribution in [3.63, 3.8) is 0 Å². The first-order valence-electron chi connectivity index (χ1n) is 11.4. The molecular formula is C25H29N3O5S. The molecule has 2 aromatic carbocycles. The number of hydrogen-bond donors (Lipinski definition) is 0. The number of amides is 3. The third-order valence-electron chi connectivity index (χ3n) is 6.36. The Hall–Kier alpha value is -3.04. The van der Waals surface area contributed by atoms with E-state index in [4.69, 9.17) is 0 Å². The minimum atomic E-state index is -3.39. The molecule has 2 aliphatic rings. The first-order chi connectivity index (χ1) is 16.1. The summed E-state index contributed by atoms with van der Waals surface area (Å²) in [5, 5.41) is 0. The fourth-order valence-corrected chi connectivity index (χ4v) is 5.24. The third-order valence-corrected chi connectivity index (χ3v) is 7.33. The molecule has 3 amide bonds. The Kier molecular flexibility index (Phi) is 6.86. The van der Waals surface area contributed by atoms with Crippen LogP contribution in [0.1, 0.15) is 38.3 Å². The van der Waals surface area contributed by atoms with E-state index in [1.54, 1.807) is 29.2 Å². The number of benzene rings is 2. The second-order valence-corrected chi connectivity index (χ2v) is 11.3. The molecule has 2 heterocycles. The van der Waals surface area contributed by atoms with Crippen molar-refractivity contribution < 1.29 is 22.8 Å². The molecule has 0 bridgehead atoms. The van der Waals surface area contributed by atoms with E-state index in [9.17, 15) is 22.8 Å². The van der Waals surface area contributed by atoms with E-state index >= 15 is 0 Å². The van der Waals surface area contributed by atoms with Gasteiger partial charge in [-0.3, -0.25) is 24.2 Å². The number of carbonyl (C=O) groups is 3. The number of nitrogens with zero attached hydrogens (tertiary/aromatic N) is 3. The minimum absolute atomic E-state index is 0.118. The highest BCUT2D eigenvalue weighted by Crippen LogP contribution is 2.27. The van der Waals surface area contributed by atoms with E-state index in [2.05, 4.69) is 30.0 Å². The zero-order valence-corrected chi connectivity index (χ0v) is 20.3. The van der Waals surface area contributed by atoms with E-state index < -0.39 is 27.7 Å². The van der Waals surface area contributed by atoms with Crippen LogP contribution in [0, 0.1) is 6.92 Å². The summed E-state index contributed by atoms with van der Waals surface area (Å²) in [6.45, 7) is 5.03. The van der Waals surface area contributed by atoms with Crippen LogP contribution >= 0.6 is 0 Å². The second-order valence-electron chi connectivity index (χ2n) is 9.05. The molecule has 8 nitrogen and oxygen atoms in total. The Labute approximate surface area is 200 Å². The molecule has 0 aromatic heterocycles. The van der Waals surface area contributed by atoms with Crippen molar-refractivity contribution in [1.82, 2.24) is 14.7 Å². The average molecular weight is 484 g/mol. The molecule has 9 heteroatoms. The SMILES string of the molecule is Cc1cccc(CN2CCN(C(=O)[C@@H](CCS(C)(=O)=O)N3C(=O)c4ccccc4C3=O)CC2)c1. The smallest absolute Gasteiger partial charge is 0.262 e. The Balaban J connectivity index is 1.48. The van der Waals surface area contributed by atoms with E-state index in [1.807, 2.05) is 6.07 Å². The van der Waals surface area contributed by atoms with Gasteiger partial charge in [-0.2, -0.15) is 0 Å². The molecule has 0 N–H and O–H groups in total. The van der Waals surface area contributed by atoms with Gasteiger partial charge in [0.05, 0.1) is 16.9 Å². The number of piperazine rings is 1. The summed E-state index contributed by atoms with van der Waals surface area (Å²) in [6.07, 6.45) is 0.966. The number of sulfone groups is 1. The standard InChI is InChI=1S/C25H29N3O5S/c1-18-6-5-7-19(16-18)17-26-11-13-27(14-12-26)25(31)22(10-15-34(2,32)33)28-23(29)20-8-3-4-9-21(20)24(28)30/h3-9,16,22H,10-15,17H2,1-2H3/t22-/m1/s1. The van der Waals surface area contributed by atoms with Crippen molar-refractivity contribution in [1.29, 1.82) is 0 Å². The third kappa shape index (κ3) is 5.20. The second kappa shape index (κ2) is 9.68. The lowest BCUT2D eigenvalue weighted by Gasteiger charge is -2.38. The zero-order chi connectivity index (χ0) is 24.5. The minimum Gasteiger partial charge on any atom is -0.338 e. The van der Waals surface area contributed by atoms with Gasteiger partial charge in [-0.15, -0.1) is 0 Å². The van der Waals surface area contributed by atoms with Crippen molar-refractivity contribution in [2.45, 2.75) is 25.9 Å². The van der Waals surface area contributed by atoms with Crippen LogP contribution < -0.4 is 0 Å². The molecule has 2 aliphatic heterocycles. The van der Waals surface area contributed by atoms with E-state index in [0.29, 0.717) is 26.2 Å². The molecule has 0 spiro atoms. The molecule has 2 aromatic rings. The molecular weight excluding hydrogens is 454 g/mol. The predicted molar refractivity (Wildman–Crippen MR) is 128 cm³/mol. The molecule has 180 valence electrons. The van der Waals surface area contributed by atoms with Crippen LogP contribution in [-0.2, 0) is 21.2 Å². The van der Waals surface area contributed by atoms with Crippen LogP contribution in [0.4, 0.5) is 0 Å². The number of rotatable bonds is 7. The van der Waals surface area contributed by atoms with E-state index in [1.165, 1.54) is 11.1 Å². The number of fused-ring (bicyclic) bond motifs is 1. The predicted octanol–water partition coefficient (Wildman–Crippen LogP) is 1.74. The van der Waals surface area contributed by atoms with Crippen molar-refractivity contribution in [2.75, 3.05) is 38.2 Å². The van der Waals surface area contributed by atoms with Crippen LogP contribution in [-0.4, -0.2) is 85.1 Å². The lowest BCUT2D eigenvalue weighted by Crippen LogP contribution is -2.56. The van der Waals surface area contributed by atoms with E-state index in [-0.39, 0.29) is 29.2 Å². The van der Waals surface area contributed by atoms with Crippen LogP contribution in [0.3, 0.4) is 0 Å². The van der Waals surface area contributed by atoms with Gasteiger partial charge in [0.25, 0.3) is 11.8 Å². The van der Waals surface area contributed by atoms with Crippen LogP contribution in [0.2, 0.25) is 0 Å². The number of aryl methyl sites for hydroxylation is 1. The van der Waals surface area contributed by atoms with Gasteiger partial charge in [0, 0.05) is 39.0 Å². The van der Waals surface area contributed by atoms with Gasteiger partial charge in [-0.1, -0.05) is 42.0 Å². The quantitative estimate of drug-likeness (QED) is 0.557. The summed E-state index contributed by atoms with van der Waals surface area (Å²) in [5.74, 6) is -1.77. The van der Waals surface area contributed by atoms with Crippen molar-refractivity contribution in [3.05, 3.63) is 70.8 Å². The highest BCUT2D eigenvalue weighted by Gasteiger charge is 2.44. The summed E-state index contributed by atoms with van der Waals surface area (Å²) in [7, 11) is -3.39. The lowest BCUT2D eigenvalue weighted by molar-refractivity contribution is -0.137. The largest absolute Gasteiger partial charge is 0.338 e. The molecule has 0 radical (unpaired) electrons. The first-order valence-corrected chi connectivity index (χ1v) is 13.4. The Bertz CT molecular complexity index is 1180. The molecule has 1 atom stereocenters. The van der Waals surface area contributed by atoms with Gasteiger partial charge in [0.15, 0.2) is 0 Å². The van der Waals surface area contributed by atoms with Gasteiger partial charge in [-0.25, -0.2) is 8.42 Å². The highest BCUT2D eigenvalue weighted by molar-refractivity contribution is 7.90. The molecule has 34 heavy (non-hydrogen) atoms. The lowest BCUT2D eigenvalue weighted by atomic mass is 10.1. The fraction of sp³-hybridized carbons (Fsp3) is 0.400. The molecule has 1 saturated heterocycles. The highest BCUT2D eigenvalue weighted by atomic mass is 32.2. The van der Waals surface area contributed by atoms with Crippen molar-refractivity contribution in [3.8, 4) is 0 Å². The van der Waals surface area contributed by atoms with Crippen molar-refractivity contribution in [2.24, 2.45) is 0 Å². The Morgan fingerprint density at radius 2 is 1.56 bits per heavy atom. The molecule has 0 saturated carbocycles. The molecule has 1 fully saturated rings. The zero-order valence-electron chi connectivity index (χ0n) is 19.4. The Morgan fingerprint density at radius 3 is 2.12 bits per heavy atom. The summed E-state index contributed by atoms with van der Waals surface area (Å²) in [5.41, 5.74) is 2.89. The monoisotopic (exact) mass is 483 g/mol. The topological polar surface area (TPSA) is 95.1 Å². The van der Waals surface area contributed by atoms with Crippen molar-refractivity contribution >= 4 is 27.6 Å². The molecule has 0 unspecified atom stereocenters. The van der Waals surface area contributed by atoms with E-state index in [0.717, 1.165) is 17.7 Å². The normalized spacial score (nSPS) is 17.7. The van der Waals surface area contributed by atoms with Crippen LogP contribution in [0.15, 0.2) is 48.5 Å². The van der Waals surface area contributed by atoms with Crippen LogP contribution in [0.5, 0.6) is 0 Å². The maximum atomic E-state index is 13.5. The summed E-state index contributed by atoms with van der Waals surface area (Å²) in [6, 6.07) is 13.6. The summed E-state index contributed by atoms with van der Waals surface area (Å²) >= 11 is 0. The summed E-state index contributed by atoms with van der Waals surface area (Å²) < 4.78 is 23.7. The molecule has 0 aliphatic carbocycles. The Morgan fingerprint density at radius 1 is 0.941 bits per heavy atom. The number of imide groups is 1. The maximum absolute atomic E-state index is 13.5. The van der Waals surface area contributed by atoms with Gasteiger partial charge in [0.2, 0.25) is 5.91 Å². The van der Waals surface area contributed by atoms with Crippen LogP contribution in [0.25, 0.3) is 0 Å².